The summed E-state index contributed by atoms with van der Waals surface area (Å²) in [7, 11) is -1.60. The molecule has 2 aromatic rings. The van der Waals surface area contributed by atoms with E-state index < -0.39 is 16.1 Å². The molecule has 2 unspecified atom stereocenters. The molecule has 1 amide bonds. The van der Waals surface area contributed by atoms with E-state index in [1.54, 1.807) is 18.4 Å². The highest BCUT2D eigenvalue weighted by Crippen LogP contribution is 2.18. The number of likely N-dealkylation sites (N-methyl/N-ethyl adjacent to an activating group) is 1. The average Bonchev–Trinajstić information content (AvgIpc) is 3.25. The largest absolute Gasteiger partial charge is 0.347 e. The van der Waals surface area contributed by atoms with E-state index in [0.717, 1.165) is 43.1 Å². The van der Waals surface area contributed by atoms with Crippen molar-refractivity contribution in [3.63, 3.8) is 0 Å². The van der Waals surface area contributed by atoms with E-state index in [1.807, 2.05) is 30.3 Å². The number of hydrogen-bond donors (Lipinski definition) is 2. The first-order valence-corrected chi connectivity index (χ1v) is 12.0. The van der Waals surface area contributed by atoms with E-state index in [0.29, 0.717) is 6.54 Å². The molecule has 0 saturated carbocycles. The third-order valence-electron chi connectivity index (χ3n) is 5.04. The lowest BCUT2D eigenvalue weighted by molar-refractivity contribution is -0.123. The maximum Gasteiger partial charge on any atom is 0.250 e. The summed E-state index contributed by atoms with van der Waals surface area (Å²) in [5.41, 5.74) is 1.01. The van der Waals surface area contributed by atoms with E-state index in [1.165, 1.54) is 6.07 Å². The summed E-state index contributed by atoms with van der Waals surface area (Å²) in [4.78, 5) is 17.4. The normalized spacial score (nSPS) is 18.3. The number of piperazine rings is 1. The molecule has 1 aliphatic rings. The summed E-state index contributed by atoms with van der Waals surface area (Å²) in [5, 5.41) is 4.74. The highest BCUT2D eigenvalue weighted by Gasteiger charge is 2.26. The Balaban J connectivity index is 1.67. The van der Waals surface area contributed by atoms with Crippen LogP contribution in [0.2, 0.25) is 0 Å². The van der Waals surface area contributed by atoms with Gasteiger partial charge in [-0.15, -0.1) is 11.3 Å². The molecule has 158 valence electrons. The summed E-state index contributed by atoms with van der Waals surface area (Å²) < 4.78 is 27.5. The molecular weight excluding hydrogens is 408 g/mol. The molecule has 0 spiro atoms. The SMILES string of the molecule is CC(NS(=O)(=O)c1cccs1)C(=O)NC(CN1CCN(C)CC1)c1ccccc1. The Morgan fingerprint density at radius 2 is 1.79 bits per heavy atom. The zero-order valence-electron chi connectivity index (χ0n) is 16.7. The maximum absolute atomic E-state index is 12.8. The molecule has 0 aliphatic carbocycles. The zero-order chi connectivity index (χ0) is 20.9. The summed E-state index contributed by atoms with van der Waals surface area (Å²) in [6.07, 6.45) is 0. The van der Waals surface area contributed by atoms with Crippen LogP contribution in [0.4, 0.5) is 0 Å². The highest BCUT2D eigenvalue weighted by atomic mass is 32.2. The number of nitrogens with zero attached hydrogens (tertiary/aromatic N) is 2. The lowest BCUT2D eigenvalue weighted by Gasteiger charge is -2.35. The van der Waals surface area contributed by atoms with Crippen molar-refractivity contribution >= 4 is 27.3 Å². The van der Waals surface area contributed by atoms with Crippen LogP contribution in [-0.4, -0.2) is 69.9 Å². The first kappa shape index (κ1) is 21.9. The average molecular weight is 437 g/mol. The molecule has 1 aliphatic heterocycles. The van der Waals surface area contributed by atoms with Gasteiger partial charge >= 0.3 is 0 Å². The number of rotatable bonds is 8. The van der Waals surface area contributed by atoms with Crippen molar-refractivity contribution in [1.29, 1.82) is 0 Å². The minimum absolute atomic E-state index is 0.203. The number of carbonyl (C=O) groups is 1. The smallest absolute Gasteiger partial charge is 0.250 e. The Labute approximate surface area is 176 Å². The first-order valence-electron chi connectivity index (χ1n) is 9.67. The van der Waals surface area contributed by atoms with E-state index in [-0.39, 0.29) is 16.2 Å². The molecule has 1 saturated heterocycles. The van der Waals surface area contributed by atoms with Gasteiger partial charge in [0.25, 0.3) is 10.0 Å². The molecule has 0 radical (unpaired) electrons. The molecule has 9 heteroatoms. The van der Waals surface area contributed by atoms with Gasteiger partial charge < -0.3 is 10.2 Å². The third kappa shape index (κ3) is 6.10. The van der Waals surface area contributed by atoms with Crippen molar-refractivity contribution in [2.24, 2.45) is 0 Å². The van der Waals surface area contributed by atoms with Crippen LogP contribution in [-0.2, 0) is 14.8 Å². The van der Waals surface area contributed by atoms with Crippen LogP contribution in [0.25, 0.3) is 0 Å². The van der Waals surface area contributed by atoms with E-state index in [4.69, 9.17) is 0 Å². The zero-order valence-corrected chi connectivity index (χ0v) is 18.4. The van der Waals surface area contributed by atoms with Gasteiger partial charge in [-0.05, 0) is 31.0 Å². The second-order valence-electron chi connectivity index (χ2n) is 7.35. The van der Waals surface area contributed by atoms with Crippen molar-refractivity contribution in [3.8, 4) is 0 Å². The number of hydrogen-bond acceptors (Lipinski definition) is 6. The quantitative estimate of drug-likeness (QED) is 0.656. The van der Waals surface area contributed by atoms with Gasteiger partial charge in [0.15, 0.2) is 0 Å². The second-order valence-corrected chi connectivity index (χ2v) is 10.2. The minimum atomic E-state index is -3.70. The molecule has 0 bridgehead atoms. The lowest BCUT2D eigenvalue weighted by atomic mass is 10.1. The number of thiophene rings is 1. The van der Waals surface area contributed by atoms with Crippen LogP contribution in [0, 0.1) is 0 Å². The molecule has 29 heavy (non-hydrogen) atoms. The second kappa shape index (κ2) is 9.82. The molecule has 1 fully saturated rings. The van der Waals surface area contributed by atoms with Crippen LogP contribution in [0.15, 0.2) is 52.1 Å². The van der Waals surface area contributed by atoms with Gasteiger partial charge in [0, 0.05) is 32.7 Å². The third-order valence-corrected chi connectivity index (χ3v) is 7.98. The Hall–Kier alpha value is -1.78. The van der Waals surface area contributed by atoms with Gasteiger partial charge in [0.1, 0.15) is 4.21 Å². The molecule has 7 nitrogen and oxygen atoms in total. The highest BCUT2D eigenvalue weighted by molar-refractivity contribution is 7.91. The molecule has 2 atom stereocenters. The topological polar surface area (TPSA) is 81.7 Å². The van der Waals surface area contributed by atoms with Crippen molar-refractivity contribution < 1.29 is 13.2 Å². The summed E-state index contributed by atoms with van der Waals surface area (Å²) in [6, 6.07) is 11.9. The number of carbonyl (C=O) groups excluding carboxylic acids is 1. The predicted molar refractivity (Wildman–Crippen MR) is 115 cm³/mol. The fourth-order valence-electron chi connectivity index (χ4n) is 3.27. The van der Waals surface area contributed by atoms with Crippen LogP contribution < -0.4 is 10.0 Å². The number of amides is 1. The fraction of sp³-hybridized carbons (Fsp3) is 0.450. The monoisotopic (exact) mass is 436 g/mol. The van der Waals surface area contributed by atoms with Gasteiger partial charge in [-0.1, -0.05) is 36.4 Å². The molecule has 1 aromatic carbocycles. The first-order chi connectivity index (χ1) is 13.8. The van der Waals surface area contributed by atoms with Gasteiger partial charge in [-0.2, -0.15) is 4.72 Å². The van der Waals surface area contributed by atoms with E-state index in [2.05, 4.69) is 26.9 Å². The maximum atomic E-state index is 12.8. The van der Waals surface area contributed by atoms with Gasteiger partial charge in [-0.3, -0.25) is 9.69 Å². The standard InChI is InChI=1S/C20H28N4O3S2/c1-16(22-29(26,27)19-9-6-14-28-19)20(25)21-18(17-7-4-3-5-8-17)15-24-12-10-23(2)11-13-24/h3-9,14,16,18,22H,10-13,15H2,1-2H3,(H,21,25). The van der Waals surface area contributed by atoms with Gasteiger partial charge in [0.05, 0.1) is 12.1 Å². The molecule has 2 heterocycles. The van der Waals surface area contributed by atoms with Crippen LogP contribution in [0.5, 0.6) is 0 Å². The molecule has 3 rings (SSSR count). The Bertz CT molecular complexity index is 880. The Morgan fingerprint density at radius 1 is 1.10 bits per heavy atom. The van der Waals surface area contributed by atoms with Crippen molar-refractivity contribution in [2.75, 3.05) is 39.8 Å². The number of sulfonamides is 1. The van der Waals surface area contributed by atoms with Crippen molar-refractivity contribution in [3.05, 3.63) is 53.4 Å². The molecule has 2 N–H and O–H groups in total. The summed E-state index contributed by atoms with van der Waals surface area (Å²) >= 11 is 1.12. The van der Waals surface area contributed by atoms with Crippen LogP contribution >= 0.6 is 11.3 Å². The minimum Gasteiger partial charge on any atom is -0.347 e. The van der Waals surface area contributed by atoms with Crippen LogP contribution in [0.3, 0.4) is 0 Å². The number of nitrogens with one attached hydrogen (secondary N) is 2. The molecular formula is C20H28N4O3S2. The van der Waals surface area contributed by atoms with E-state index >= 15 is 0 Å². The van der Waals surface area contributed by atoms with Gasteiger partial charge in [0.2, 0.25) is 5.91 Å². The van der Waals surface area contributed by atoms with E-state index in [9.17, 15) is 13.2 Å². The molecule has 1 aromatic heterocycles. The van der Waals surface area contributed by atoms with Crippen molar-refractivity contribution in [1.82, 2.24) is 19.8 Å². The Morgan fingerprint density at radius 3 is 2.41 bits per heavy atom. The van der Waals surface area contributed by atoms with Gasteiger partial charge in [-0.25, -0.2) is 8.42 Å². The Kier molecular flexibility index (Phi) is 7.42. The van der Waals surface area contributed by atoms with Crippen LogP contribution in [0.1, 0.15) is 18.5 Å². The van der Waals surface area contributed by atoms with Crippen molar-refractivity contribution in [2.45, 2.75) is 23.2 Å². The summed E-state index contributed by atoms with van der Waals surface area (Å²) in [6.45, 7) is 6.12. The predicted octanol–water partition coefficient (Wildman–Crippen LogP) is 1.52. The lowest BCUT2D eigenvalue weighted by Crippen LogP contribution is -2.50. The summed E-state index contributed by atoms with van der Waals surface area (Å²) in [5.74, 6) is -0.340. The fourth-order valence-corrected chi connectivity index (χ4v) is 5.48. The number of benzene rings is 1.